The van der Waals surface area contributed by atoms with Gasteiger partial charge >= 0.3 is 0 Å². The Kier molecular flexibility index (Phi) is 7.15. The average molecular weight is 744 g/mol. The number of para-hydroxylation sites is 3. The summed E-state index contributed by atoms with van der Waals surface area (Å²) in [6.07, 6.45) is 5.39. The molecule has 4 nitrogen and oxygen atoms in total. The summed E-state index contributed by atoms with van der Waals surface area (Å²) in [6, 6.07) is 63.0. The van der Waals surface area contributed by atoms with Gasteiger partial charge in [-0.05, 0) is 82.6 Å². The number of hydrogen-bond donors (Lipinski definition) is 0. The number of aromatic nitrogens is 3. The molecule has 0 bridgehead atoms. The van der Waals surface area contributed by atoms with Crippen molar-refractivity contribution in [3.63, 3.8) is 0 Å². The molecule has 274 valence electrons. The van der Waals surface area contributed by atoms with Crippen LogP contribution in [-0.2, 0) is 5.41 Å². The highest BCUT2D eigenvalue weighted by molar-refractivity contribution is 6.09. The molecule has 0 fully saturated rings. The van der Waals surface area contributed by atoms with Crippen LogP contribution in [-0.4, -0.2) is 14.5 Å². The highest BCUT2D eigenvalue weighted by Crippen LogP contribution is 2.63. The van der Waals surface area contributed by atoms with Crippen molar-refractivity contribution in [3.8, 4) is 56.5 Å². The van der Waals surface area contributed by atoms with Gasteiger partial charge in [0, 0.05) is 38.7 Å². The Morgan fingerprint density at radius 1 is 0.569 bits per heavy atom. The van der Waals surface area contributed by atoms with E-state index < -0.39 is 5.41 Å². The first-order chi connectivity index (χ1) is 28.7. The number of hydrogen-bond acceptors (Lipinski definition) is 3. The van der Waals surface area contributed by atoms with Crippen LogP contribution in [0.25, 0.3) is 72.5 Å². The first-order valence-corrected chi connectivity index (χ1v) is 20.1. The summed E-state index contributed by atoms with van der Waals surface area (Å²) in [5.74, 6) is 2.97. The zero-order valence-electron chi connectivity index (χ0n) is 31.9. The summed E-state index contributed by atoms with van der Waals surface area (Å²) in [5, 5.41) is 2.50. The summed E-state index contributed by atoms with van der Waals surface area (Å²) in [6.45, 7) is 2.30. The summed E-state index contributed by atoms with van der Waals surface area (Å²) in [7, 11) is 0. The van der Waals surface area contributed by atoms with E-state index in [-0.39, 0.29) is 0 Å². The third-order valence-corrected chi connectivity index (χ3v) is 12.5. The van der Waals surface area contributed by atoms with Gasteiger partial charge in [0.1, 0.15) is 11.5 Å². The van der Waals surface area contributed by atoms with Crippen LogP contribution < -0.4 is 4.74 Å². The maximum atomic E-state index is 6.69. The van der Waals surface area contributed by atoms with Gasteiger partial charge in [-0.25, -0.2) is 9.97 Å². The molecule has 0 radical (unpaired) electrons. The smallest absolute Gasteiger partial charge is 0.160 e. The predicted octanol–water partition coefficient (Wildman–Crippen LogP) is 13.1. The molecule has 58 heavy (non-hydrogen) atoms. The van der Waals surface area contributed by atoms with Crippen molar-refractivity contribution in [2.24, 2.45) is 5.92 Å². The molecule has 0 saturated heterocycles. The summed E-state index contributed by atoms with van der Waals surface area (Å²) < 4.78 is 9.05. The fourth-order valence-electron chi connectivity index (χ4n) is 10.0. The Balaban J connectivity index is 1.07. The number of allylic oxidation sites excluding steroid dienone is 3. The van der Waals surface area contributed by atoms with Gasteiger partial charge in [0.15, 0.2) is 5.82 Å². The molecular formula is C54H37N3O. The number of benzene rings is 7. The number of nitrogens with zero attached hydrogens (tertiary/aromatic N) is 3. The molecule has 3 aliphatic rings. The molecule has 7 aromatic carbocycles. The van der Waals surface area contributed by atoms with Gasteiger partial charge in [0.05, 0.1) is 27.8 Å². The first-order valence-electron chi connectivity index (χ1n) is 20.1. The molecular weight excluding hydrogens is 707 g/mol. The van der Waals surface area contributed by atoms with E-state index >= 15 is 0 Å². The molecule has 3 heterocycles. The molecule has 1 aliphatic heterocycles. The third kappa shape index (κ3) is 4.69. The second-order valence-electron chi connectivity index (χ2n) is 15.7. The number of rotatable bonds is 4. The van der Waals surface area contributed by atoms with Gasteiger partial charge in [-0.15, -0.1) is 0 Å². The van der Waals surface area contributed by atoms with E-state index in [9.17, 15) is 0 Å². The van der Waals surface area contributed by atoms with Crippen molar-refractivity contribution in [1.29, 1.82) is 0 Å². The maximum Gasteiger partial charge on any atom is 0.160 e. The van der Waals surface area contributed by atoms with E-state index in [4.69, 9.17) is 14.7 Å². The second kappa shape index (κ2) is 12.6. The molecule has 9 aromatic rings. The van der Waals surface area contributed by atoms with Crippen LogP contribution in [0.3, 0.4) is 0 Å². The lowest BCUT2D eigenvalue weighted by molar-refractivity contribution is 0.380. The van der Waals surface area contributed by atoms with Crippen LogP contribution in [0.15, 0.2) is 199 Å². The zero-order valence-corrected chi connectivity index (χ0v) is 31.9. The molecule has 2 unspecified atom stereocenters. The average Bonchev–Trinajstić information content (AvgIpc) is 3.78. The monoisotopic (exact) mass is 743 g/mol. The van der Waals surface area contributed by atoms with Crippen molar-refractivity contribution in [2.45, 2.75) is 18.8 Å². The number of ether oxygens (including phenoxy) is 1. The van der Waals surface area contributed by atoms with Gasteiger partial charge in [0.25, 0.3) is 0 Å². The molecule has 2 aromatic heterocycles. The highest BCUT2D eigenvalue weighted by atomic mass is 16.5. The lowest BCUT2D eigenvalue weighted by Crippen LogP contribution is -2.36. The topological polar surface area (TPSA) is 39.9 Å². The lowest BCUT2D eigenvalue weighted by Gasteiger charge is -2.42. The van der Waals surface area contributed by atoms with Crippen molar-refractivity contribution < 1.29 is 4.74 Å². The quantitative estimate of drug-likeness (QED) is 0.180. The maximum absolute atomic E-state index is 6.69. The molecule has 4 heteroatoms. The highest BCUT2D eigenvalue weighted by Gasteiger charge is 2.53. The SMILES string of the molecule is CC1C=CC2=C(C1)C1(c3ccccc3O2)c2ccccc2-c2c(-c3cc(-c4ccc(-n5c6ccccc6c6ccccc65)cc4)nc(-c4ccccc4)n3)cccc21. The summed E-state index contributed by atoms with van der Waals surface area (Å²) in [5.41, 5.74) is 15.4. The lowest BCUT2D eigenvalue weighted by atomic mass is 9.63. The minimum atomic E-state index is -0.494. The van der Waals surface area contributed by atoms with Gasteiger partial charge in [-0.1, -0.05) is 153 Å². The minimum Gasteiger partial charge on any atom is -0.457 e. The van der Waals surface area contributed by atoms with Crippen LogP contribution >= 0.6 is 0 Å². The Hall–Kier alpha value is -7.30. The van der Waals surface area contributed by atoms with E-state index in [1.807, 2.05) is 6.07 Å². The standard InChI is InChI=1S/C54H37N3O/c1-34-26-31-51-45(32-34)54(43-21-9-12-25-50(43)58-51)42-20-8-5-18-40(42)52-41(19-13-22-44(52)54)47-33-46(55-53(56-47)36-14-3-2-4-15-36)35-27-29-37(30-28-35)57-48-23-10-6-16-38(48)39-17-7-11-24-49(39)57/h2-31,33-34H,32H2,1H3. The van der Waals surface area contributed by atoms with Gasteiger partial charge in [0.2, 0.25) is 0 Å². The molecule has 12 rings (SSSR count). The largest absolute Gasteiger partial charge is 0.457 e. The van der Waals surface area contributed by atoms with Crippen LogP contribution in [0.4, 0.5) is 0 Å². The molecule has 0 saturated carbocycles. The molecule has 2 aliphatic carbocycles. The van der Waals surface area contributed by atoms with Crippen LogP contribution in [0, 0.1) is 5.92 Å². The van der Waals surface area contributed by atoms with Gasteiger partial charge < -0.3 is 9.30 Å². The molecule has 0 amide bonds. The Labute approximate surface area is 337 Å². The van der Waals surface area contributed by atoms with Crippen LogP contribution in [0.2, 0.25) is 0 Å². The van der Waals surface area contributed by atoms with Crippen LogP contribution in [0.5, 0.6) is 5.75 Å². The van der Waals surface area contributed by atoms with Crippen LogP contribution in [0.1, 0.15) is 30.0 Å². The van der Waals surface area contributed by atoms with Gasteiger partial charge in [-0.2, -0.15) is 0 Å². The predicted molar refractivity (Wildman–Crippen MR) is 235 cm³/mol. The fourth-order valence-corrected chi connectivity index (χ4v) is 10.0. The minimum absolute atomic E-state index is 0.392. The third-order valence-electron chi connectivity index (χ3n) is 12.5. The van der Waals surface area contributed by atoms with Crippen molar-refractivity contribution in [1.82, 2.24) is 14.5 Å². The molecule has 0 N–H and O–H groups in total. The Bertz CT molecular complexity index is 3140. The van der Waals surface area contributed by atoms with Crippen molar-refractivity contribution in [3.05, 3.63) is 216 Å². The summed E-state index contributed by atoms with van der Waals surface area (Å²) in [4.78, 5) is 10.6. The summed E-state index contributed by atoms with van der Waals surface area (Å²) >= 11 is 0. The van der Waals surface area contributed by atoms with E-state index in [2.05, 4.69) is 194 Å². The van der Waals surface area contributed by atoms with Crippen molar-refractivity contribution >= 4 is 21.8 Å². The Morgan fingerprint density at radius 3 is 2.00 bits per heavy atom. The van der Waals surface area contributed by atoms with E-state index in [1.54, 1.807) is 0 Å². The first kappa shape index (κ1) is 32.9. The van der Waals surface area contributed by atoms with E-state index in [0.717, 1.165) is 51.7 Å². The molecule has 2 atom stereocenters. The Morgan fingerprint density at radius 2 is 1.21 bits per heavy atom. The zero-order chi connectivity index (χ0) is 38.4. The van der Waals surface area contributed by atoms with E-state index in [1.165, 1.54) is 55.2 Å². The normalized spacial score (nSPS) is 17.6. The van der Waals surface area contributed by atoms with E-state index in [0.29, 0.717) is 11.7 Å². The molecule has 1 spiro atoms. The number of fused-ring (bicyclic) bond motifs is 11. The fraction of sp³-hybridized carbons (Fsp3) is 0.0741. The van der Waals surface area contributed by atoms with Crippen molar-refractivity contribution in [2.75, 3.05) is 0 Å². The van der Waals surface area contributed by atoms with Gasteiger partial charge in [-0.3, -0.25) is 0 Å². The second-order valence-corrected chi connectivity index (χ2v) is 15.7.